The molecule has 21 heavy (non-hydrogen) atoms. The predicted molar refractivity (Wildman–Crippen MR) is 86.3 cm³/mol. The van der Waals surface area contributed by atoms with E-state index >= 15 is 0 Å². The Labute approximate surface area is 130 Å². The van der Waals surface area contributed by atoms with E-state index in [0.717, 1.165) is 26.3 Å². The van der Waals surface area contributed by atoms with Crippen LogP contribution in [0.5, 0.6) is 0 Å². The van der Waals surface area contributed by atoms with Crippen molar-refractivity contribution in [1.82, 2.24) is 4.72 Å². The summed E-state index contributed by atoms with van der Waals surface area (Å²) in [4.78, 5) is 0.755. The second-order valence-corrected chi connectivity index (χ2v) is 8.54. The SMILES string of the molecule is O=S(=O)(NCC(O)c1cc2ccccc2s1)c1cccs1. The second kappa shape index (κ2) is 5.86. The largest absolute Gasteiger partial charge is 0.386 e. The fraction of sp³-hybridized carbons (Fsp3) is 0.143. The summed E-state index contributed by atoms with van der Waals surface area (Å²) in [6.07, 6.45) is -0.850. The van der Waals surface area contributed by atoms with Crippen LogP contribution in [0.25, 0.3) is 10.1 Å². The smallest absolute Gasteiger partial charge is 0.250 e. The molecule has 0 saturated carbocycles. The van der Waals surface area contributed by atoms with E-state index in [0.29, 0.717) is 0 Å². The van der Waals surface area contributed by atoms with Crippen molar-refractivity contribution in [3.63, 3.8) is 0 Å². The second-order valence-electron chi connectivity index (χ2n) is 4.49. The molecular weight excluding hydrogens is 326 g/mol. The summed E-state index contributed by atoms with van der Waals surface area (Å²) in [6, 6.07) is 12.9. The molecule has 0 fully saturated rings. The van der Waals surface area contributed by atoms with E-state index in [1.807, 2.05) is 30.3 Å². The molecule has 4 nitrogen and oxygen atoms in total. The van der Waals surface area contributed by atoms with Crippen LogP contribution in [0, 0.1) is 0 Å². The minimum absolute atomic E-state index is 0.0347. The lowest BCUT2D eigenvalue weighted by Gasteiger charge is -2.09. The molecule has 0 aliphatic heterocycles. The van der Waals surface area contributed by atoms with Crippen LogP contribution in [0.4, 0.5) is 0 Å². The van der Waals surface area contributed by atoms with Gasteiger partial charge in [0.05, 0.1) is 0 Å². The van der Waals surface area contributed by atoms with Gasteiger partial charge in [-0.1, -0.05) is 24.3 Å². The quantitative estimate of drug-likeness (QED) is 0.751. The van der Waals surface area contributed by atoms with E-state index in [9.17, 15) is 13.5 Å². The summed E-state index contributed by atoms with van der Waals surface area (Å²) >= 11 is 2.62. The maximum Gasteiger partial charge on any atom is 0.250 e. The van der Waals surface area contributed by atoms with E-state index in [1.165, 1.54) is 11.3 Å². The monoisotopic (exact) mass is 339 g/mol. The highest BCUT2D eigenvalue weighted by molar-refractivity contribution is 7.91. The van der Waals surface area contributed by atoms with Crippen LogP contribution >= 0.6 is 22.7 Å². The fourth-order valence-corrected chi connectivity index (χ4v) is 5.07. The highest BCUT2D eigenvalue weighted by Crippen LogP contribution is 2.29. The van der Waals surface area contributed by atoms with Crippen LogP contribution in [0.1, 0.15) is 11.0 Å². The number of sulfonamides is 1. The molecule has 0 aliphatic rings. The first-order valence-electron chi connectivity index (χ1n) is 6.26. The number of fused-ring (bicyclic) bond motifs is 1. The Kier molecular flexibility index (Phi) is 4.10. The van der Waals surface area contributed by atoms with Gasteiger partial charge in [-0.05, 0) is 29.0 Å². The normalized spacial score (nSPS) is 13.6. The van der Waals surface area contributed by atoms with Gasteiger partial charge in [-0.2, -0.15) is 0 Å². The summed E-state index contributed by atoms with van der Waals surface area (Å²) in [7, 11) is -3.54. The number of aliphatic hydroxyl groups is 1. The fourth-order valence-electron chi connectivity index (χ4n) is 1.94. The molecule has 7 heteroatoms. The van der Waals surface area contributed by atoms with Crippen molar-refractivity contribution in [3.05, 3.63) is 52.7 Å². The van der Waals surface area contributed by atoms with E-state index in [4.69, 9.17) is 0 Å². The molecule has 1 atom stereocenters. The minimum atomic E-state index is -3.54. The van der Waals surface area contributed by atoms with Gasteiger partial charge in [-0.25, -0.2) is 13.1 Å². The average Bonchev–Trinajstić information content (AvgIpc) is 3.13. The summed E-state index contributed by atoms with van der Waals surface area (Å²) < 4.78 is 27.8. The maximum absolute atomic E-state index is 12.0. The zero-order valence-corrected chi connectivity index (χ0v) is 13.3. The summed E-state index contributed by atoms with van der Waals surface area (Å²) in [6.45, 7) is -0.0347. The van der Waals surface area contributed by atoms with Gasteiger partial charge < -0.3 is 5.11 Å². The summed E-state index contributed by atoms with van der Waals surface area (Å²) in [5, 5.41) is 12.9. The number of thiophene rings is 2. The topological polar surface area (TPSA) is 66.4 Å². The molecule has 2 N–H and O–H groups in total. The average molecular weight is 339 g/mol. The Hall–Kier alpha value is -1.25. The molecule has 2 aromatic heterocycles. The highest BCUT2D eigenvalue weighted by atomic mass is 32.2. The Balaban J connectivity index is 1.73. The van der Waals surface area contributed by atoms with Gasteiger partial charge >= 0.3 is 0 Å². The van der Waals surface area contributed by atoms with Crippen molar-refractivity contribution in [1.29, 1.82) is 0 Å². The predicted octanol–water partition coefficient (Wildman–Crippen LogP) is 2.97. The van der Waals surface area contributed by atoms with Gasteiger partial charge in [0, 0.05) is 16.1 Å². The summed E-state index contributed by atoms with van der Waals surface area (Å²) in [5.41, 5.74) is 0. The van der Waals surface area contributed by atoms with Gasteiger partial charge in [-0.15, -0.1) is 22.7 Å². The van der Waals surface area contributed by atoms with Crippen molar-refractivity contribution < 1.29 is 13.5 Å². The molecule has 110 valence electrons. The van der Waals surface area contributed by atoms with Gasteiger partial charge in [0.2, 0.25) is 10.0 Å². The van der Waals surface area contributed by atoms with E-state index in [-0.39, 0.29) is 10.8 Å². The van der Waals surface area contributed by atoms with Crippen LogP contribution in [-0.4, -0.2) is 20.1 Å². The summed E-state index contributed by atoms with van der Waals surface area (Å²) in [5.74, 6) is 0. The Morgan fingerprint density at radius 1 is 1.19 bits per heavy atom. The molecule has 0 spiro atoms. The van der Waals surface area contributed by atoms with Crippen LogP contribution < -0.4 is 4.72 Å². The number of benzene rings is 1. The number of rotatable bonds is 5. The van der Waals surface area contributed by atoms with Crippen LogP contribution in [0.15, 0.2) is 52.1 Å². The van der Waals surface area contributed by atoms with Crippen LogP contribution in [0.2, 0.25) is 0 Å². The molecule has 0 saturated heterocycles. The van der Waals surface area contributed by atoms with E-state index in [1.54, 1.807) is 17.5 Å². The van der Waals surface area contributed by atoms with Crippen molar-refractivity contribution in [2.24, 2.45) is 0 Å². The molecule has 3 rings (SSSR count). The molecule has 0 amide bonds. The first kappa shape index (κ1) is 14.7. The van der Waals surface area contributed by atoms with Gasteiger partial charge in [0.25, 0.3) is 0 Å². The minimum Gasteiger partial charge on any atom is -0.386 e. The van der Waals surface area contributed by atoms with Crippen LogP contribution in [0.3, 0.4) is 0 Å². The molecule has 0 bridgehead atoms. The van der Waals surface area contributed by atoms with E-state index in [2.05, 4.69) is 4.72 Å². The molecular formula is C14H13NO3S3. The number of aliphatic hydroxyl groups excluding tert-OH is 1. The Morgan fingerprint density at radius 3 is 2.71 bits per heavy atom. The third-order valence-corrected chi connectivity index (χ3v) is 7.04. The molecule has 1 unspecified atom stereocenters. The van der Waals surface area contributed by atoms with Crippen molar-refractivity contribution in [2.45, 2.75) is 10.3 Å². The number of hydrogen-bond acceptors (Lipinski definition) is 5. The molecule has 1 aromatic carbocycles. The van der Waals surface area contributed by atoms with Crippen molar-refractivity contribution in [2.75, 3.05) is 6.54 Å². The lowest BCUT2D eigenvalue weighted by molar-refractivity contribution is 0.186. The zero-order valence-electron chi connectivity index (χ0n) is 10.9. The van der Waals surface area contributed by atoms with Crippen LogP contribution in [-0.2, 0) is 10.0 Å². The lowest BCUT2D eigenvalue weighted by atomic mass is 10.2. The molecule has 0 radical (unpaired) electrons. The third-order valence-electron chi connectivity index (χ3n) is 3.00. The highest BCUT2D eigenvalue weighted by Gasteiger charge is 2.18. The third kappa shape index (κ3) is 3.17. The molecule has 2 heterocycles. The van der Waals surface area contributed by atoms with Gasteiger partial charge in [0.15, 0.2) is 0 Å². The van der Waals surface area contributed by atoms with Crippen molar-refractivity contribution >= 4 is 42.8 Å². The van der Waals surface area contributed by atoms with Gasteiger partial charge in [0.1, 0.15) is 10.3 Å². The Morgan fingerprint density at radius 2 is 2.00 bits per heavy atom. The molecule has 0 aliphatic carbocycles. The first-order chi connectivity index (χ1) is 10.1. The lowest BCUT2D eigenvalue weighted by Crippen LogP contribution is -2.27. The van der Waals surface area contributed by atoms with Crippen molar-refractivity contribution in [3.8, 4) is 0 Å². The first-order valence-corrected chi connectivity index (χ1v) is 9.44. The molecule has 3 aromatic rings. The standard InChI is InChI=1S/C14H13NO3S3/c16-11(9-15-21(17,18)14-6-3-7-19-14)13-8-10-4-1-2-5-12(10)20-13/h1-8,11,15-16H,9H2. The Bertz CT molecular complexity index is 804. The van der Waals surface area contributed by atoms with Gasteiger partial charge in [-0.3, -0.25) is 0 Å². The zero-order chi connectivity index (χ0) is 14.9. The van der Waals surface area contributed by atoms with E-state index < -0.39 is 16.1 Å². The number of hydrogen-bond donors (Lipinski definition) is 2. The maximum atomic E-state index is 12.0. The number of nitrogens with one attached hydrogen (secondary N) is 1.